The number of Topliss-reactive ketones (excluding diaryl/α,β-unsaturated/α-hetero) is 1. The van der Waals surface area contributed by atoms with Gasteiger partial charge in [0.1, 0.15) is 6.61 Å². The molecule has 5 heteroatoms. The van der Waals surface area contributed by atoms with Gasteiger partial charge in [0, 0.05) is 29.9 Å². The lowest BCUT2D eigenvalue weighted by Gasteiger charge is -2.26. The van der Waals surface area contributed by atoms with Crippen LogP contribution in [0, 0.1) is 0 Å². The van der Waals surface area contributed by atoms with E-state index < -0.39 is 0 Å². The number of carbonyl (C=O) groups is 2. The second kappa shape index (κ2) is 7.83. The normalized spacial score (nSPS) is 18.1. The lowest BCUT2D eigenvalue weighted by Crippen LogP contribution is -2.33. The van der Waals surface area contributed by atoms with E-state index in [1.807, 2.05) is 19.9 Å². The number of fused-ring (bicyclic) bond motifs is 1. The maximum absolute atomic E-state index is 12.8. The minimum Gasteiger partial charge on any atom is -0.488 e. The summed E-state index contributed by atoms with van der Waals surface area (Å²) in [5.41, 5.74) is 1.56. The van der Waals surface area contributed by atoms with Crippen molar-refractivity contribution in [2.24, 2.45) is 0 Å². The second-order valence-corrected chi connectivity index (χ2v) is 6.98. The number of hydrogen-bond donors (Lipinski definition) is 1. The molecule has 3 rings (SSSR count). The number of nitrogens with one attached hydrogen (secondary N) is 1. The molecule has 1 heterocycles. The first kappa shape index (κ1) is 17.7. The smallest absolute Gasteiger partial charge is 0.230 e. The first-order valence-electron chi connectivity index (χ1n) is 9.11. The van der Waals surface area contributed by atoms with Crippen molar-refractivity contribution in [2.75, 3.05) is 31.6 Å². The predicted octanol–water partition coefficient (Wildman–Crippen LogP) is 3.27. The number of piperidine rings is 1. The predicted molar refractivity (Wildman–Crippen MR) is 98.2 cm³/mol. The molecule has 1 aliphatic carbocycles. The third-order valence-corrected chi connectivity index (χ3v) is 4.60. The molecule has 1 saturated heterocycles. The Morgan fingerprint density at radius 3 is 2.64 bits per heavy atom. The van der Waals surface area contributed by atoms with E-state index in [0.29, 0.717) is 23.4 Å². The van der Waals surface area contributed by atoms with Gasteiger partial charge < -0.3 is 10.1 Å². The van der Waals surface area contributed by atoms with Gasteiger partial charge in [-0.25, -0.2) is 0 Å². The van der Waals surface area contributed by atoms with Gasteiger partial charge in [0.15, 0.2) is 11.5 Å². The van der Waals surface area contributed by atoms with E-state index in [1.165, 1.54) is 25.3 Å². The van der Waals surface area contributed by atoms with Crippen molar-refractivity contribution >= 4 is 17.3 Å². The summed E-state index contributed by atoms with van der Waals surface area (Å²) in [7, 11) is 0. The van der Waals surface area contributed by atoms with Gasteiger partial charge in [-0.3, -0.25) is 14.5 Å². The van der Waals surface area contributed by atoms with E-state index in [2.05, 4.69) is 10.2 Å². The van der Waals surface area contributed by atoms with Crippen LogP contribution in [0.1, 0.15) is 53.8 Å². The Morgan fingerprint density at radius 2 is 1.92 bits per heavy atom. The molecule has 0 aromatic heterocycles. The molecule has 134 valence electrons. The fourth-order valence-electron chi connectivity index (χ4n) is 3.39. The van der Waals surface area contributed by atoms with Crippen molar-refractivity contribution < 1.29 is 14.3 Å². The Balaban J connectivity index is 1.71. The van der Waals surface area contributed by atoms with Crippen molar-refractivity contribution in [3.63, 3.8) is 0 Å². The minimum atomic E-state index is -0.211. The van der Waals surface area contributed by atoms with Crippen molar-refractivity contribution in [3.8, 4) is 0 Å². The summed E-state index contributed by atoms with van der Waals surface area (Å²) < 4.78 is 5.71. The zero-order valence-corrected chi connectivity index (χ0v) is 15.0. The van der Waals surface area contributed by atoms with E-state index in [-0.39, 0.29) is 23.4 Å². The van der Waals surface area contributed by atoms with Crippen LogP contribution in [-0.4, -0.2) is 48.7 Å². The summed E-state index contributed by atoms with van der Waals surface area (Å²) in [6.07, 6.45) is 5.06. The molecule has 1 N–H and O–H groups in total. The number of carbonyl (C=O) groups excluding carboxylic acids is 2. The molecule has 1 aliphatic heterocycles. The number of benzene rings is 1. The van der Waals surface area contributed by atoms with E-state index in [4.69, 9.17) is 4.74 Å². The molecule has 1 aromatic rings. The molecular weight excluding hydrogens is 316 g/mol. The SMILES string of the molecule is CC(C)Nc1cccc2c1C(=O)C(OCCN1CCCCC1)=CC2=O. The number of allylic oxidation sites excluding steroid dienone is 2. The van der Waals surface area contributed by atoms with Gasteiger partial charge >= 0.3 is 0 Å². The lowest BCUT2D eigenvalue weighted by molar-refractivity contribution is 0.0847. The molecule has 1 aromatic carbocycles. The number of rotatable bonds is 6. The van der Waals surface area contributed by atoms with Gasteiger partial charge in [-0.2, -0.15) is 0 Å². The molecule has 0 amide bonds. The summed E-state index contributed by atoms with van der Waals surface area (Å²) in [4.78, 5) is 27.6. The van der Waals surface area contributed by atoms with Crippen molar-refractivity contribution in [3.05, 3.63) is 41.2 Å². The van der Waals surface area contributed by atoms with Gasteiger partial charge in [0.05, 0.1) is 5.56 Å². The fourth-order valence-corrected chi connectivity index (χ4v) is 3.39. The van der Waals surface area contributed by atoms with Gasteiger partial charge in [0.2, 0.25) is 5.78 Å². The first-order valence-corrected chi connectivity index (χ1v) is 9.11. The standard InChI is InChI=1S/C20H26N2O3/c1-14(2)21-16-8-6-7-15-17(23)13-18(20(24)19(15)16)25-12-11-22-9-4-3-5-10-22/h6-8,13-14,21H,3-5,9-12H2,1-2H3. The highest BCUT2D eigenvalue weighted by molar-refractivity contribution is 6.25. The van der Waals surface area contributed by atoms with Gasteiger partial charge in [-0.1, -0.05) is 18.6 Å². The quantitative estimate of drug-likeness (QED) is 0.860. The van der Waals surface area contributed by atoms with E-state index in [9.17, 15) is 9.59 Å². The van der Waals surface area contributed by atoms with Crippen LogP contribution in [0.2, 0.25) is 0 Å². The van der Waals surface area contributed by atoms with E-state index >= 15 is 0 Å². The maximum Gasteiger partial charge on any atom is 0.230 e. The summed E-state index contributed by atoms with van der Waals surface area (Å²) in [5, 5.41) is 3.25. The van der Waals surface area contributed by atoms with Crippen LogP contribution < -0.4 is 5.32 Å². The molecule has 0 atom stereocenters. The number of hydrogen-bond acceptors (Lipinski definition) is 5. The molecule has 1 fully saturated rings. The van der Waals surface area contributed by atoms with E-state index in [0.717, 1.165) is 19.6 Å². The van der Waals surface area contributed by atoms with Crippen LogP contribution >= 0.6 is 0 Å². The number of nitrogens with zero attached hydrogens (tertiary/aromatic N) is 1. The number of anilines is 1. The number of ether oxygens (including phenoxy) is 1. The second-order valence-electron chi connectivity index (χ2n) is 6.98. The average Bonchev–Trinajstić information content (AvgIpc) is 2.59. The van der Waals surface area contributed by atoms with Crippen LogP contribution in [-0.2, 0) is 4.74 Å². The molecule has 5 nitrogen and oxygen atoms in total. The summed E-state index contributed by atoms with van der Waals surface area (Å²) in [5.74, 6) is -0.223. The Kier molecular flexibility index (Phi) is 5.53. The zero-order valence-electron chi connectivity index (χ0n) is 15.0. The topological polar surface area (TPSA) is 58.6 Å². The van der Waals surface area contributed by atoms with Gasteiger partial charge in [0.25, 0.3) is 0 Å². The molecule has 0 bridgehead atoms. The average molecular weight is 342 g/mol. The highest BCUT2D eigenvalue weighted by atomic mass is 16.5. The van der Waals surface area contributed by atoms with Crippen LogP contribution in [0.5, 0.6) is 0 Å². The number of likely N-dealkylation sites (tertiary alicyclic amines) is 1. The highest BCUT2D eigenvalue weighted by Crippen LogP contribution is 2.29. The summed E-state index contributed by atoms with van der Waals surface area (Å²) in [6.45, 7) is 7.39. The number of ketones is 2. The molecule has 0 unspecified atom stereocenters. The Labute approximate surface area is 149 Å². The maximum atomic E-state index is 12.8. The first-order chi connectivity index (χ1) is 12.1. The summed E-state index contributed by atoms with van der Waals surface area (Å²) >= 11 is 0. The minimum absolute atomic E-state index is 0.160. The third kappa shape index (κ3) is 4.10. The van der Waals surface area contributed by atoms with Crippen molar-refractivity contribution in [2.45, 2.75) is 39.2 Å². The van der Waals surface area contributed by atoms with Crippen LogP contribution in [0.25, 0.3) is 0 Å². The molecule has 0 radical (unpaired) electrons. The van der Waals surface area contributed by atoms with Crippen LogP contribution in [0.3, 0.4) is 0 Å². The van der Waals surface area contributed by atoms with Crippen LogP contribution in [0.4, 0.5) is 5.69 Å². The molecule has 0 saturated carbocycles. The molecular formula is C20H26N2O3. The zero-order chi connectivity index (χ0) is 17.8. The Bertz CT molecular complexity index is 688. The van der Waals surface area contributed by atoms with Gasteiger partial charge in [-0.15, -0.1) is 0 Å². The lowest BCUT2D eigenvalue weighted by atomic mass is 9.92. The Hall–Kier alpha value is -2.14. The fraction of sp³-hybridized carbons (Fsp3) is 0.500. The van der Waals surface area contributed by atoms with Crippen molar-refractivity contribution in [1.29, 1.82) is 0 Å². The molecule has 25 heavy (non-hydrogen) atoms. The Morgan fingerprint density at radius 1 is 1.16 bits per heavy atom. The van der Waals surface area contributed by atoms with Crippen LogP contribution in [0.15, 0.2) is 30.0 Å². The largest absolute Gasteiger partial charge is 0.488 e. The highest BCUT2D eigenvalue weighted by Gasteiger charge is 2.29. The third-order valence-electron chi connectivity index (χ3n) is 4.60. The summed E-state index contributed by atoms with van der Waals surface area (Å²) in [6, 6.07) is 5.50. The van der Waals surface area contributed by atoms with E-state index in [1.54, 1.807) is 12.1 Å². The molecule has 0 spiro atoms. The monoisotopic (exact) mass is 342 g/mol. The van der Waals surface area contributed by atoms with Crippen molar-refractivity contribution in [1.82, 2.24) is 4.90 Å². The molecule has 2 aliphatic rings. The van der Waals surface area contributed by atoms with Gasteiger partial charge in [-0.05, 0) is 45.8 Å².